The van der Waals surface area contributed by atoms with Crippen molar-refractivity contribution in [1.29, 1.82) is 0 Å². The van der Waals surface area contributed by atoms with E-state index < -0.39 is 6.10 Å². The molecule has 2 unspecified atom stereocenters. The van der Waals surface area contributed by atoms with E-state index in [4.69, 9.17) is 4.74 Å². The maximum atomic E-state index is 12.9. The highest BCUT2D eigenvalue weighted by molar-refractivity contribution is 5.69. The summed E-state index contributed by atoms with van der Waals surface area (Å²) in [6.45, 7) is 3.82. The number of rotatable bonds is 7. The van der Waals surface area contributed by atoms with Crippen molar-refractivity contribution in [3.05, 3.63) is 35.6 Å². The summed E-state index contributed by atoms with van der Waals surface area (Å²) in [5.41, 5.74) is 0.735. The molecule has 5 heteroatoms. The first kappa shape index (κ1) is 16.9. The average molecular weight is 309 g/mol. The average Bonchev–Trinajstić information content (AvgIpc) is 2.93. The lowest BCUT2D eigenvalue weighted by Gasteiger charge is -2.26. The Morgan fingerprint density at radius 1 is 1.45 bits per heavy atom. The van der Waals surface area contributed by atoms with Crippen molar-refractivity contribution in [2.45, 2.75) is 44.8 Å². The minimum absolute atomic E-state index is 0.174. The maximum absolute atomic E-state index is 12.9. The third-order valence-corrected chi connectivity index (χ3v) is 4.16. The van der Waals surface area contributed by atoms with Crippen LogP contribution in [0.15, 0.2) is 24.3 Å². The summed E-state index contributed by atoms with van der Waals surface area (Å²) in [6.07, 6.45) is 2.48. The van der Waals surface area contributed by atoms with Crippen molar-refractivity contribution in [1.82, 2.24) is 4.90 Å². The molecule has 0 radical (unpaired) electrons. The number of benzene rings is 1. The Labute approximate surface area is 130 Å². The Balaban J connectivity index is 1.85. The molecule has 0 amide bonds. The maximum Gasteiger partial charge on any atom is 0.307 e. The molecule has 2 rings (SSSR count). The number of aliphatic hydroxyl groups excluding tert-OH is 1. The van der Waals surface area contributed by atoms with Crippen molar-refractivity contribution < 1.29 is 19.0 Å². The van der Waals surface area contributed by atoms with Crippen LogP contribution in [0.1, 0.15) is 44.3 Å². The van der Waals surface area contributed by atoms with Crippen LogP contribution in [0.2, 0.25) is 0 Å². The number of halogens is 1. The van der Waals surface area contributed by atoms with Gasteiger partial charge in [0.15, 0.2) is 0 Å². The normalized spacial score (nSPS) is 20.0. The van der Waals surface area contributed by atoms with Gasteiger partial charge < -0.3 is 9.84 Å². The van der Waals surface area contributed by atoms with Gasteiger partial charge in [-0.3, -0.25) is 9.69 Å². The molecule has 1 heterocycles. The van der Waals surface area contributed by atoms with Gasteiger partial charge in [0.05, 0.1) is 19.1 Å². The molecule has 22 heavy (non-hydrogen) atoms. The smallest absolute Gasteiger partial charge is 0.307 e. The molecule has 1 N–H and O–H groups in total. The van der Waals surface area contributed by atoms with Gasteiger partial charge in [0.25, 0.3) is 0 Å². The predicted octanol–water partition coefficient (Wildman–Crippen LogP) is 2.67. The van der Waals surface area contributed by atoms with Gasteiger partial charge in [0.1, 0.15) is 5.82 Å². The second-order valence-electron chi connectivity index (χ2n) is 5.69. The molecule has 0 saturated carbocycles. The monoisotopic (exact) mass is 309 g/mol. The Hall–Kier alpha value is -1.46. The Morgan fingerprint density at radius 2 is 2.18 bits per heavy atom. The molecule has 0 spiro atoms. The number of carbonyl (C=O) groups is 1. The van der Waals surface area contributed by atoms with Crippen LogP contribution in [0.4, 0.5) is 4.39 Å². The van der Waals surface area contributed by atoms with E-state index in [1.807, 2.05) is 0 Å². The lowest BCUT2D eigenvalue weighted by Crippen LogP contribution is -2.33. The molecule has 0 aliphatic carbocycles. The number of aliphatic hydroxyl groups is 1. The highest BCUT2D eigenvalue weighted by Crippen LogP contribution is 2.27. The molecular formula is C17H24FNO3. The van der Waals surface area contributed by atoms with Crippen molar-refractivity contribution in [3.63, 3.8) is 0 Å². The number of carbonyl (C=O) groups excluding carboxylic acids is 1. The zero-order valence-electron chi connectivity index (χ0n) is 13.0. The molecule has 0 aromatic heterocycles. The number of ether oxygens (including phenoxy) is 1. The topological polar surface area (TPSA) is 49.8 Å². The number of esters is 1. The van der Waals surface area contributed by atoms with Gasteiger partial charge in [-0.25, -0.2) is 4.39 Å². The Bertz CT molecular complexity index is 477. The molecule has 0 bridgehead atoms. The van der Waals surface area contributed by atoms with Crippen LogP contribution in [0.5, 0.6) is 0 Å². The fourth-order valence-electron chi connectivity index (χ4n) is 3.00. The van der Waals surface area contributed by atoms with Gasteiger partial charge >= 0.3 is 5.97 Å². The number of likely N-dealkylation sites (tertiary alicyclic amines) is 1. The van der Waals surface area contributed by atoms with Crippen molar-refractivity contribution >= 4 is 5.97 Å². The third kappa shape index (κ3) is 4.78. The zero-order chi connectivity index (χ0) is 15.9. The largest absolute Gasteiger partial charge is 0.466 e. The SMILES string of the molecule is CCOC(=O)CCN1CCCC1CC(O)c1ccc(F)cc1. The van der Waals surface area contributed by atoms with E-state index in [-0.39, 0.29) is 17.8 Å². The van der Waals surface area contributed by atoms with Crippen LogP contribution in [-0.4, -0.2) is 41.7 Å². The number of nitrogens with zero attached hydrogens (tertiary/aromatic N) is 1. The predicted molar refractivity (Wildman–Crippen MR) is 81.8 cm³/mol. The highest BCUT2D eigenvalue weighted by atomic mass is 19.1. The van der Waals surface area contributed by atoms with E-state index >= 15 is 0 Å². The van der Waals surface area contributed by atoms with E-state index in [1.165, 1.54) is 12.1 Å². The van der Waals surface area contributed by atoms with Crippen LogP contribution in [0.3, 0.4) is 0 Å². The van der Waals surface area contributed by atoms with Crippen LogP contribution < -0.4 is 0 Å². The van der Waals surface area contributed by atoms with Gasteiger partial charge in [-0.15, -0.1) is 0 Å². The molecule has 4 nitrogen and oxygen atoms in total. The third-order valence-electron chi connectivity index (χ3n) is 4.16. The molecule has 1 fully saturated rings. The molecule has 1 saturated heterocycles. The molecular weight excluding hydrogens is 285 g/mol. The van der Waals surface area contributed by atoms with E-state index in [1.54, 1.807) is 19.1 Å². The minimum Gasteiger partial charge on any atom is -0.466 e. The second-order valence-corrected chi connectivity index (χ2v) is 5.69. The van der Waals surface area contributed by atoms with Crippen LogP contribution >= 0.6 is 0 Å². The van der Waals surface area contributed by atoms with Crippen LogP contribution in [0.25, 0.3) is 0 Å². The van der Waals surface area contributed by atoms with Crippen LogP contribution in [0, 0.1) is 5.82 Å². The summed E-state index contributed by atoms with van der Waals surface area (Å²) in [7, 11) is 0. The Morgan fingerprint density at radius 3 is 2.86 bits per heavy atom. The van der Waals surface area contributed by atoms with Crippen LogP contribution in [-0.2, 0) is 9.53 Å². The minimum atomic E-state index is -0.603. The summed E-state index contributed by atoms with van der Waals surface area (Å²) in [5.74, 6) is -0.472. The zero-order valence-corrected chi connectivity index (χ0v) is 13.0. The van der Waals surface area contributed by atoms with E-state index in [0.717, 1.165) is 24.9 Å². The first-order chi connectivity index (χ1) is 10.6. The lowest BCUT2D eigenvalue weighted by atomic mass is 10.0. The molecule has 1 aromatic carbocycles. The summed E-state index contributed by atoms with van der Waals surface area (Å²) in [4.78, 5) is 13.7. The lowest BCUT2D eigenvalue weighted by molar-refractivity contribution is -0.143. The van der Waals surface area contributed by atoms with Crippen molar-refractivity contribution in [2.75, 3.05) is 19.7 Å². The van der Waals surface area contributed by atoms with Gasteiger partial charge in [-0.1, -0.05) is 12.1 Å². The fourth-order valence-corrected chi connectivity index (χ4v) is 3.00. The molecule has 122 valence electrons. The number of hydrogen-bond acceptors (Lipinski definition) is 4. The van der Waals surface area contributed by atoms with E-state index in [9.17, 15) is 14.3 Å². The first-order valence-corrected chi connectivity index (χ1v) is 7.93. The second kappa shape index (κ2) is 8.25. The molecule has 1 aliphatic heterocycles. The standard InChI is InChI=1S/C17H24FNO3/c1-2-22-17(21)9-11-19-10-3-4-15(19)12-16(20)13-5-7-14(18)8-6-13/h5-8,15-16,20H,2-4,9-12H2,1H3. The van der Waals surface area contributed by atoms with Gasteiger partial charge in [-0.2, -0.15) is 0 Å². The highest BCUT2D eigenvalue weighted by Gasteiger charge is 2.27. The van der Waals surface area contributed by atoms with Gasteiger partial charge in [0.2, 0.25) is 0 Å². The summed E-state index contributed by atoms with van der Waals surface area (Å²) in [5, 5.41) is 10.3. The molecule has 1 aromatic rings. The quantitative estimate of drug-likeness (QED) is 0.787. The van der Waals surface area contributed by atoms with E-state index in [2.05, 4.69) is 4.90 Å². The fraction of sp³-hybridized carbons (Fsp3) is 0.588. The molecule has 2 atom stereocenters. The number of hydrogen-bond donors (Lipinski definition) is 1. The van der Waals surface area contributed by atoms with Gasteiger partial charge in [0, 0.05) is 12.6 Å². The van der Waals surface area contributed by atoms with Crippen molar-refractivity contribution in [2.24, 2.45) is 0 Å². The Kier molecular flexibility index (Phi) is 6.34. The molecule has 1 aliphatic rings. The van der Waals surface area contributed by atoms with Crippen molar-refractivity contribution in [3.8, 4) is 0 Å². The summed E-state index contributed by atoms with van der Waals surface area (Å²) in [6, 6.07) is 6.24. The van der Waals surface area contributed by atoms with E-state index in [0.29, 0.717) is 26.0 Å². The van der Waals surface area contributed by atoms with Gasteiger partial charge in [-0.05, 0) is 50.4 Å². The summed E-state index contributed by atoms with van der Waals surface area (Å²) >= 11 is 0. The first-order valence-electron chi connectivity index (χ1n) is 7.93. The summed E-state index contributed by atoms with van der Waals surface area (Å²) < 4.78 is 17.9.